The van der Waals surface area contributed by atoms with Crippen LogP contribution in [-0.2, 0) is 11.2 Å². The van der Waals surface area contributed by atoms with Crippen LogP contribution in [0.3, 0.4) is 0 Å². The van der Waals surface area contributed by atoms with Crippen LogP contribution in [-0.4, -0.2) is 47.5 Å². The molecule has 2 aromatic rings. The standard InChI is InChI=1S/C16H21N3O2/c1-18-8-5-12(6-9-18)10-13-11-19-7-3-4-14(15(19)17-13)16(20)21-2/h3-4,7,11-12H,5-6,8-10H2,1-2H3. The third-order valence-electron chi connectivity index (χ3n) is 4.27. The second-order valence-corrected chi connectivity index (χ2v) is 5.83. The molecular weight excluding hydrogens is 266 g/mol. The smallest absolute Gasteiger partial charge is 0.341 e. The Morgan fingerprint density at radius 3 is 2.90 bits per heavy atom. The van der Waals surface area contributed by atoms with Crippen LogP contribution >= 0.6 is 0 Å². The Balaban J connectivity index is 1.82. The van der Waals surface area contributed by atoms with E-state index in [1.165, 1.54) is 20.0 Å². The lowest BCUT2D eigenvalue weighted by atomic mass is 9.93. The molecular formula is C16H21N3O2. The highest BCUT2D eigenvalue weighted by molar-refractivity contribution is 5.95. The summed E-state index contributed by atoms with van der Waals surface area (Å²) in [5.74, 6) is 0.352. The summed E-state index contributed by atoms with van der Waals surface area (Å²) in [6.45, 7) is 2.32. The number of aromatic nitrogens is 2. The van der Waals surface area contributed by atoms with Crippen LogP contribution in [0, 0.1) is 5.92 Å². The Kier molecular flexibility index (Phi) is 3.92. The van der Waals surface area contributed by atoms with Gasteiger partial charge in [-0.25, -0.2) is 9.78 Å². The topological polar surface area (TPSA) is 46.8 Å². The quantitative estimate of drug-likeness (QED) is 0.810. The van der Waals surface area contributed by atoms with Gasteiger partial charge in [-0.3, -0.25) is 0 Å². The summed E-state index contributed by atoms with van der Waals surface area (Å²) in [7, 11) is 3.57. The van der Waals surface area contributed by atoms with Crippen molar-refractivity contribution >= 4 is 11.6 Å². The maximum Gasteiger partial charge on any atom is 0.341 e. The average molecular weight is 287 g/mol. The molecule has 1 fully saturated rings. The molecule has 112 valence electrons. The van der Waals surface area contributed by atoms with Crippen LogP contribution < -0.4 is 0 Å². The molecule has 3 rings (SSSR count). The summed E-state index contributed by atoms with van der Waals surface area (Å²) >= 11 is 0. The molecule has 1 saturated heterocycles. The Labute approximate surface area is 124 Å². The van der Waals surface area contributed by atoms with Gasteiger partial charge >= 0.3 is 5.97 Å². The molecule has 0 atom stereocenters. The van der Waals surface area contributed by atoms with Gasteiger partial charge in [0.2, 0.25) is 0 Å². The number of piperidine rings is 1. The number of nitrogens with zero attached hydrogens (tertiary/aromatic N) is 3. The first-order valence-electron chi connectivity index (χ1n) is 7.41. The van der Waals surface area contributed by atoms with Gasteiger partial charge in [0.05, 0.1) is 12.8 Å². The number of pyridine rings is 1. The van der Waals surface area contributed by atoms with E-state index in [1.807, 2.05) is 22.9 Å². The van der Waals surface area contributed by atoms with Crippen LogP contribution in [0.2, 0.25) is 0 Å². The van der Waals surface area contributed by atoms with Crippen LogP contribution in [0.5, 0.6) is 0 Å². The Hall–Kier alpha value is -1.88. The molecule has 0 saturated carbocycles. The number of methoxy groups -OCH3 is 1. The zero-order chi connectivity index (χ0) is 14.8. The number of carbonyl (C=O) groups excluding carboxylic acids is 1. The van der Waals surface area contributed by atoms with Gasteiger partial charge in [-0.2, -0.15) is 0 Å². The summed E-state index contributed by atoms with van der Waals surface area (Å²) in [5.41, 5.74) is 2.27. The van der Waals surface area contributed by atoms with Crippen LogP contribution in [0.4, 0.5) is 0 Å². The monoisotopic (exact) mass is 287 g/mol. The number of fused-ring (bicyclic) bond motifs is 1. The highest BCUT2D eigenvalue weighted by atomic mass is 16.5. The van der Waals surface area contributed by atoms with Crippen LogP contribution in [0.1, 0.15) is 28.9 Å². The van der Waals surface area contributed by atoms with Gasteiger partial charge in [0.25, 0.3) is 0 Å². The van der Waals surface area contributed by atoms with Gasteiger partial charge in [0.1, 0.15) is 5.56 Å². The zero-order valence-corrected chi connectivity index (χ0v) is 12.6. The number of carbonyl (C=O) groups is 1. The van der Waals surface area contributed by atoms with Crippen LogP contribution in [0.15, 0.2) is 24.5 Å². The molecule has 0 amide bonds. The van der Waals surface area contributed by atoms with Crippen molar-refractivity contribution < 1.29 is 9.53 Å². The highest BCUT2D eigenvalue weighted by Crippen LogP contribution is 2.21. The minimum Gasteiger partial charge on any atom is -0.465 e. The molecule has 0 spiro atoms. The van der Waals surface area contributed by atoms with Crippen molar-refractivity contribution in [2.45, 2.75) is 19.3 Å². The fourth-order valence-electron chi connectivity index (χ4n) is 2.99. The van der Waals surface area contributed by atoms with Crippen molar-refractivity contribution in [3.63, 3.8) is 0 Å². The van der Waals surface area contributed by atoms with Crippen molar-refractivity contribution in [1.29, 1.82) is 0 Å². The number of esters is 1. The zero-order valence-electron chi connectivity index (χ0n) is 12.6. The van der Waals surface area contributed by atoms with E-state index in [-0.39, 0.29) is 5.97 Å². The fourth-order valence-corrected chi connectivity index (χ4v) is 2.99. The van der Waals surface area contributed by atoms with Gasteiger partial charge in [-0.15, -0.1) is 0 Å². The number of hydrogen-bond donors (Lipinski definition) is 0. The van der Waals surface area contributed by atoms with Crippen molar-refractivity contribution in [2.24, 2.45) is 5.92 Å². The van der Waals surface area contributed by atoms with Crippen molar-refractivity contribution in [2.75, 3.05) is 27.2 Å². The number of hydrogen-bond acceptors (Lipinski definition) is 4. The van der Waals surface area contributed by atoms with E-state index in [2.05, 4.69) is 16.9 Å². The third-order valence-corrected chi connectivity index (χ3v) is 4.27. The minimum atomic E-state index is -0.336. The molecule has 1 aliphatic heterocycles. The molecule has 5 heteroatoms. The first-order valence-corrected chi connectivity index (χ1v) is 7.41. The second kappa shape index (κ2) is 5.85. The van der Waals surface area contributed by atoms with Gasteiger partial charge in [-0.05, 0) is 57.5 Å². The molecule has 21 heavy (non-hydrogen) atoms. The predicted octanol–water partition coefficient (Wildman–Crippen LogP) is 2.01. The SMILES string of the molecule is COC(=O)c1cccn2cc(CC3CCN(C)CC3)nc12. The summed E-state index contributed by atoms with van der Waals surface area (Å²) < 4.78 is 6.73. The lowest BCUT2D eigenvalue weighted by Crippen LogP contribution is -2.30. The molecule has 5 nitrogen and oxygen atoms in total. The first-order chi connectivity index (χ1) is 10.2. The van der Waals surface area contributed by atoms with Crippen molar-refractivity contribution in [1.82, 2.24) is 14.3 Å². The first kappa shape index (κ1) is 14.1. The lowest BCUT2D eigenvalue weighted by Gasteiger charge is -2.28. The highest BCUT2D eigenvalue weighted by Gasteiger charge is 2.19. The van der Waals surface area contributed by atoms with Gasteiger partial charge in [0, 0.05) is 12.4 Å². The minimum absolute atomic E-state index is 0.336. The number of ether oxygens (including phenoxy) is 1. The largest absolute Gasteiger partial charge is 0.465 e. The van der Waals surface area contributed by atoms with Gasteiger partial charge in [0.15, 0.2) is 5.65 Å². The Morgan fingerprint density at radius 2 is 2.19 bits per heavy atom. The average Bonchev–Trinajstić information content (AvgIpc) is 2.91. The van der Waals surface area contributed by atoms with E-state index in [9.17, 15) is 4.79 Å². The molecule has 0 aliphatic carbocycles. The van der Waals surface area contributed by atoms with E-state index >= 15 is 0 Å². The molecule has 0 radical (unpaired) electrons. The summed E-state index contributed by atoms with van der Waals surface area (Å²) in [6.07, 6.45) is 7.37. The molecule has 0 bridgehead atoms. The molecule has 0 aromatic carbocycles. The summed E-state index contributed by atoms with van der Waals surface area (Å²) in [5, 5.41) is 0. The third kappa shape index (κ3) is 2.93. The Morgan fingerprint density at radius 1 is 1.43 bits per heavy atom. The molecule has 1 aliphatic rings. The molecule has 3 heterocycles. The van der Waals surface area contributed by atoms with E-state index in [0.717, 1.165) is 25.2 Å². The molecule has 0 N–H and O–H groups in total. The fraction of sp³-hybridized carbons (Fsp3) is 0.500. The van der Waals surface area contributed by atoms with Gasteiger partial charge < -0.3 is 14.0 Å². The van der Waals surface area contributed by atoms with E-state index in [1.54, 1.807) is 6.07 Å². The Bertz CT molecular complexity index is 642. The molecule has 2 aromatic heterocycles. The number of imidazole rings is 1. The second-order valence-electron chi connectivity index (χ2n) is 5.83. The van der Waals surface area contributed by atoms with Crippen molar-refractivity contribution in [3.05, 3.63) is 35.8 Å². The van der Waals surface area contributed by atoms with E-state index in [4.69, 9.17) is 4.74 Å². The van der Waals surface area contributed by atoms with Crippen molar-refractivity contribution in [3.8, 4) is 0 Å². The number of likely N-dealkylation sites (tertiary alicyclic amines) is 1. The predicted molar refractivity (Wildman–Crippen MR) is 80.5 cm³/mol. The maximum absolute atomic E-state index is 11.8. The summed E-state index contributed by atoms with van der Waals surface area (Å²) in [6, 6.07) is 3.60. The van der Waals surface area contributed by atoms with E-state index < -0.39 is 0 Å². The molecule has 0 unspecified atom stereocenters. The summed E-state index contributed by atoms with van der Waals surface area (Å²) in [4.78, 5) is 18.8. The van der Waals surface area contributed by atoms with Crippen LogP contribution in [0.25, 0.3) is 5.65 Å². The van der Waals surface area contributed by atoms with E-state index in [0.29, 0.717) is 17.1 Å². The normalized spacial score (nSPS) is 17.2. The number of rotatable bonds is 3. The van der Waals surface area contributed by atoms with Gasteiger partial charge in [-0.1, -0.05) is 0 Å². The lowest BCUT2D eigenvalue weighted by molar-refractivity contribution is 0.0602. The maximum atomic E-state index is 11.8.